The van der Waals surface area contributed by atoms with Crippen LogP contribution in [-0.4, -0.2) is 62.1 Å². The normalized spacial score (nSPS) is 16.8. The fourth-order valence-electron chi connectivity index (χ4n) is 5.08. The Hall–Kier alpha value is -3.90. The molecule has 1 fully saturated rings. The van der Waals surface area contributed by atoms with Crippen LogP contribution in [0.4, 0.5) is 29.5 Å². The fourth-order valence-corrected chi connectivity index (χ4v) is 5.08. The van der Waals surface area contributed by atoms with E-state index >= 15 is 0 Å². The van der Waals surface area contributed by atoms with E-state index in [0.29, 0.717) is 37.5 Å². The number of alkyl halides is 3. The first kappa shape index (κ1) is 24.8. The number of nitrogens with zero attached hydrogens (tertiary/aromatic N) is 8. The van der Waals surface area contributed by atoms with Gasteiger partial charge >= 0.3 is 12.2 Å². The molecule has 3 aromatic heterocycles. The van der Waals surface area contributed by atoms with Gasteiger partial charge < -0.3 is 14.5 Å². The zero-order valence-corrected chi connectivity index (χ0v) is 20.7. The van der Waals surface area contributed by atoms with Crippen LogP contribution in [0.5, 0.6) is 5.88 Å². The van der Waals surface area contributed by atoms with Gasteiger partial charge in [0.2, 0.25) is 5.88 Å². The number of hydrogen-bond acceptors (Lipinski definition) is 7. The molecular formula is C24H27F3N8O2. The molecule has 0 bridgehead atoms. The largest absolute Gasteiger partial charge is 0.480 e. The highest BCUT2D eigenvalue weighted by Gasteiger charge is 2.41. The third-order valence-electron chi connectivity index (χ3n) is 6.83. The van der Waals surface area contributed by atoms with Crippen LogP contribution < -0.4 is 14.5 Å². The summed E-state index contributed by atoms with van der Waals surface area (Å²) >= 11 is 0. The first-order valence-corrected chi connectivity index (χ1v) is 11.9. The highest BCUT2D eigenvalue weighted by Crippen LogP contribution is 2.36. The van der Waals surface area contributed by atoms with E-state index < -0.39 is 17.8 Å². The van der Waals surface area contributed by atoms with Gasteiger partial charge in [0.15, 0.2) is 5.82 Å². The van der Waals surface area contributed by atoms with Crippen molar-refractivity contribution in [3.05, 3.63) is 53.1 Å². The zero-order chi connectivity index (χ0) is 26.3. The lowest BCUT2D eigenvalue weighted by molar-refractivity contribution is -0.138. The summed E-state index contributed by atoms with van der Waals surface area (Å²) in [6.07, 6.45) is -0.256. The number of halogens is 3. The molecule has 0 N–H and O–H groups in total. The second-order valence-electron chi connectivity index (χ2n) is 9.16. The van der Waals surface area contributed by atoms with Crippen molar-refractivity contribution in [3.63, 3.8) is 0 Å². The second-order valence-corrected chi connectivity index (χ2v) is 9.16. The number of piperidine rings is 1. The number of anilines is 2. The zero-order valence-electron chi connectivity index (χ0n) is 20.7. The molecule has 0 aliphatic carbocycles. The van der Waals surface area contributed by atoms with Gasteiger partial charge in [-0.3, -0.25) is 9.88 Å². The molecule has 2 aliphatic rings. The van der Waals surface area contributed by atoms with Gasteiger partial charge in [-0.25, -0.2) is 9.78 Å². The maximum absolute atomic E-state index is 13.7. The van der Waals surface area contributed by atoms with Crippen molar-refractivity contribution in [3.8, 4) is 5.88 Å². The van der Waals surface area contributed by atoms with Crippen LogP contribution in [-0.2, 0) is 26.3 Å². The Morgan fingerprint density at radius 3 is 2.57 bits per heavy atom. The Labute approximate surface area is 211 Å². The van der Waals surface area contributed by atoms with Gasteiger partial charge in [0, 0.05) is 38.6 Å². The fraction of sp³-hybridized carbons (Fsp3) is 0.458. The summed E-state index contributed by atoms with van der Waals surface area (Å²) in [4.78, 5) is 28.4. The van der Waals surface area contributed by atoms with Crippen molar-refractivity contribution in [2.45, 2.75) is 45.1 Å². The van der Waals surface area contributed by atoms with Crippen LogP contribution in [0.3, 0.4) is 0 Å². The molecule has 0 aromatic carbocycles. The van der Waals surface area contributed by atoms with Gasteiger partial charge in [-0.1, -0.05) is 0 Å². The van der Waals surface area contributed by atoms with Gasteiger partial charge in [0.25, 0.3) is 0 Å². The van der Waals surface area contributed by atoms with Gasteiger partial charge in [-0.05, 0) is 43.5 Å². The summed E-state index contributed by atoms with van der Waals surface area (Å²) in [5.74, 6) is 0.814. The summed E-state index contributed by atoms with van der Waals surface area (Å²) in [7, 11) is 3.21. The highest BCUT2D eigenvalue weighted by atomic mass is 19.4. The topological polar surface area (TPSA) is 92.5 Å². The molecule has 5 rings (SSSR count). The van der Waals surface area contributed by atoms with E-state index in [1.807, 2.05) is 13.0 Å². The number of fused-ring (bicyclic) bond motifs is 1. The lowest BCUT2D eigenvalue weighted by atomic mass is 10.0. The van der Waals surface area contributed by atoms with E-state index in [4.69, 9.17) is 4.74 Å². The third kappa shape index (κ3) is 4.65. The minimum atomic E-state index is -4.59. The molecule has 0 atom stereocenters. The molecule has 0 unspecified atom stereocenters. The van der Waals surface area contributed by atoms with Crippen LogP contribution in [0.25, 0.3) is 0 Å². The van der Waals surface area contributed by atoms with Crippen molar-refractivity contribution in [2.24, 2.45) is 7.05 Å². The number of aromatic nitrogens is 5. The SMILES string of the molecule is COc1nccc(C)c1N1CCC(N2Cc3nn(C)nc3N(Cc3ncccc3C(F)(F)F)C2=O)CC1. The smallest absolute Gasteiger partial charge is 0.418 e. The Balaban J connectivity index is 1.39. The molecule has 3 aromatic rings. The molecule has 5 heterocycles. The molecule has 196 valence electrons. The predicted octanol–water partition coefficient (Wildman–Crippen LogP) is 3.55. The summed E-state index contributed by atoms with van der Waals surface area (Å²) in [6.45, 7) is 3.22. The quantitative estimate of drug-likeness (QED) is 0.512. The third-order valence-corrected chi connectivity index (χ3v) is 6.83. The molecule has 10 nitrogen and oxygen atoms in total. The lowest BCUT2D eigenvalue weighted by Crippen LogP contribution is -2.54. The summed E-state index contributed by atoms with van der Waals surface area (Å²) in [5, 5.41) is 8.66. The number of aryl methyl sites for hydroxylation is 2. The van der Waals surface area contributed by atoms with Crippen LogP contribution in [0.2, 0.25) is 0 Å². The van der Waals surface area contributed by atoms with Crippen molar-refractivity contribution in [2.75, 3.05) is 30.0 Å². The number of ether oxygens (including phenoxy) is 1. The number of methoxy groups -OCH3 is 1. The van der Waals surface area contributed by atoms with E-state index in [2.05, 4.69) is 25.1 Å². The van der Waals surface area contributed by atoms with Crippen molar-refractivity contribution < 1.29 is 22.7 Å². The lowest BCUT2D eigenvalue weighted by Gasteiger charge is -2.43. The molecule has 0 saturated carbocycles. The van der Waals surface area contributed by atoms with Crippen molar-refractivity contribution >= 4 is 17.5 Å². The minimum absolute atomic E-state index is 0.116. The average molecular weight is 517 g/mol. The number of rotatable bonds is 5. The van der Waals surface area contributed by atoms with Crippen molar-refractivity contribution in [1.29, 1.82) is 0 Å². The van der Waals surface area contributed by atoms with E-state index in [9.17, 15) is 18.0 Å². The Bertz CT molecular complexity index is 1300. The van der Waals surface area contributed by atoms with Gasteiger partial charge in [-0.2, -0.15) is 23.1 Å². The number of urea groups is 1. The number of carbonyl (C=O) groups is 1. The Morgan fingerprint density at radius 1 is 1.11 bits per heavy atom. The van der Waals surface area contributed by atoms with Gasteiger partial charge in [0.1, 0.15) is 11.4 Å². The monoisotopic (exact) mass is 516 g/mol. The first-order valence-electron chi connectivity index (χ1n) is 11.9. The molecular weight excluding hydrogens is 489 g/mol. The van der Waals surface area contributed by atoms with E-state index in [1.54, 1.807) is 25.3 Å². The second kappa shape index (κ2) is 9.52. The average Bonchev–Trinajstić information content (AvgIpc) is 3.25. The molecule has 1 saturated heterocycles. The Kier molecular flexibility index (Phi) is 6.38. The molecule has 37 heavy (non-hydrogen) atoms. The predicted molar refractivity (Wildman–Crippen MR) is 128 cm³/mol. The van der Waals surface area contributed by atoms with Crippen LogP contribution >= 0.6 is 0 Å². The van der Waals surface area contributed by atoms with Crippen LogP contribution in [0.1, 0.15) is 35.4 Å². The van der Waals surface area contributed by atoms with E-state index in [1.165, 1.54) is 22.0 Å². The minimum Gasteiger partial charge on any atom is -0.480 e. The summed E-state index contributed by atoms with van der Waals surface area (Å²) < 4.78 is 46.3. The van der Waals surface area contributed by atoms with Crippen LogP contribution in [0.15, 0.2) is 30.6 Å². The summed E-state index contributed by atoms with van der Waals surface area (Å²) in [6, 6.07) is 3.61. The first-order chi connectivity index (χ1) is 17.7. The summed E-state index contributed by atoms with van der Waals surface area (Å²) in [5.41, 5.74) is 1.40. The molecule has 0 spiro atoms. The van der Waals surface area contributed by atoms with E-state index in [0.717, 1.165) is 17.3 Å². The number of hydrogen-bond donors (Lipinski definition) is 0. The number of pyridine rings is 2. The standard InChI is InChI=1S/C24H27F3N8O2/c1-15-6-10-29-22(37-3)20(15)33-11-7-16(8-12-33)34-14-19-21(31-32(2)30-19)35(23(34)36)13-18-17(24(25,26)27)5-4-9-28-18/h4-6,9-10,16H,7-8,11-14H2,1-3H3. The van der Waals surface area contributed by atoms with Crippen molar-refractivity contribution in [1.82, 2.24) is 29.9 Å². The van der Waals surface area contributed by atoms with E-state index in [-0.39, 0.29) is 30.6 Å². The number of carbonyl (C=O) groups excluding carboxylic acids is 1. The van der Waals surface area contributed by atoms with Gasteiger partial charge in [0.05, 0.1) is 31.5 Å². The maximum atomic E-state index is 13.7. The number of amides is 2. The molecule has 0 radical (unpaired) electrons. The molecule has 13 heteroatoms. The highest BCUT2D eigenvalue weighted by molar-refractivity contribution is 5.93. The van der Waals surface area contributed by atoms with Crippen LogP contribution in [0, 0.1) is 6.92 Å². The maximum Gasteiger partial charge on any atom is 0.418 e. The molecule has 2 amide bonds. The molecule has 2 aliphatic heterocycles. The Morgan fingerprint density at radius 2 is 1.86 bits per heavy atom. The van der Waals surface area contributed by atoms with Gasteiger partial charge in [-0.15, -0.1) is 5.10 Å².